The molecule has 3 rings (SSSR count). The molecule has 0 fully saturated rings. The summed E-state index contributed by atoms with van der Waals surface area (Å²) in [5, 5.41) is 7.44. The highest BCUT2D eigenvalue weighted by atomic mass is 19.4. The third-order valence-corrected chi connectivity index (χ3v) is 5.41. The Morgan fingerprint density at radius 2 is 1.78 bits per heavy atom. The second-order valence-electron chi connectivity index (χ2n) is 7.95. The van der Waals surface area contributed by atoms with Gasteiger partial charge in [-0.25, -0.2) is 4.79 Å². The first-order valence-corrected chi connectivity index (χ1v) is 11.0. The quantitative estimate of drug-likeness (QED) is 0.235. The zero-order valence-corrected chi connectivity index (χ0v) is 19.6. The van der Waals surface area contributed by atoms with E-state index in [1.165, 1.54) is 11.0 Å². The molecule has 1 aliphatic rings. The molecule has 3 N–H and O–H groups in total. The maximum atomic E-state index is 13.2. The maximum absolute atomic E-state index is 13.2. The molecule has 0 spiro atoms. The van der Waals surface area contributed by atoms with Gasteiger partial charge in [-0.05, 0) is 30.7 Å². The lowest BCUT2D eigenvalue weighted by molar-refractivity contribution is -0.201. The van der Waals surface area contributed by atoms with Crippen molar-refractivity contribution in [1.29, 1.82) is 5.41 Å². The molecule has 0 unspecified atom stereocenters. The zero-order valence-electron chi connectivity index (χ0n) is 19.6. The smallest absolute Gasteiger partial charge is 0.489 e. The van der Waals surface area contributed by atoms with Crippen LogP contribution >= 0.6 is 0 Å². The lowest BCUT2D eigenvalue weighted by atomic mass is 10.1. The van der Waals surface area contributed by atoms with Gasteiger partial charge in [0.15, 0.2) is 0 Å². The van der Waals surface area contributed by atoms with Crippen LogP contribution in [-0.4, -0.2) is 60.3 Å². The van der Waals surface area contributed by atoms with Crippen LogP contribution in [0, 0.1) is 5.41 Å². The Kier molecular flexibility index (Phi) is 8.15. The first kappa shape index (κ1) is 27.2. The van der Waals surface area contributed by atoms with Crippen LogP contribution in [0.15, 0.2) is 42.5 Å². The van der Waals surface area contributed by atoms with E-state index in [2.05, 4.69) is 4.74 Å². The number of esters is 2. The van der Waals surface area contributed by atoms with Crippen molar-refractivity contribution >= 4 is 35.3 Å². The topological polar surface area (TPSA) is 143 Å². The third-order valence-electron chi connectivity index (χ3n) is 5.41. The number of hydrogen-bond donors (Lipinski definition) is 2. The van der Waals surface area contributed by atoms with E-state index in [1.54, 1.807) is 43.3 Å². The lowest BCUT2D eigenvalue weighted by Crippen LogP contribution is -2.40. The average molecular weight is 520 g/mol. The summed E-state index contributed by atoms with van der Waals surface area (Å²) in [4.78, 5) is 50.9. The van der Waals surface area contributed by atoms with Crippen LogP contribution in [0.25, 0.3) is 0 Å². The van der Waals surface area contributed by atoms with Gasteiger partial charge in [0.25, 0.3) is 5.91 Å². The van der Waals surface area contributed by atoms with E-state index in [-0.39, 0.29) is 24.6 Å². The molecule has 37 heavy (non-hydrogen) atoms. The fourth-order valence-corrected chi connectivity index (χ4v) is 3.55. The van der Waals surface area contributed by atoms with Crippen molar-refractivity contribution < 1.29 is 41.8 Å². The Hall–Kier alpha value is -4.42. The van der Waals surface area contributed by atoms with Crippen LogP contribution in [0.1, 0.15) is 34.8 Å². The van der Waals surface area contributed by atoms with Crippen molar-refractivity contribution in [2.24, 2.45) is 5.73 Å². The number of anilines is 1. The molecule has 0 aromatic heterocycles. The number of likely N-dealkylation sites (N-methyl/N-ethyl adjacent to an activating group) is 1. The minimum atomic E-state index is -5.34. The molecule has 0 radical (unpaired) electrons. The number of fused-ring (bicyclic) bond motifs is 1. The Bertz CT molecular complexity index is 1230. The minimum Gasteiger partial charge on any atom is -0.489 e. The molecule has 0 saturated heterocycles. The van der Waals surface area contributed by atoms with E-state index >= 15 is 0 Å². The van der Waals surface area contributed by atoms with E-state index in [0.29, 0.717) is 17.0 Å². The van der Waals surface area contributed by atoms with E-state index in [1.807, 2.05) is 0 Å². The number of amidine groups is 1. The molecule has 0 aliphatic carbocycles. The molecule has 1 aliphatic heterocycles. The number of nitrogen functional groups attached to an aromatic ring is 1. The van der Waals surface area contributed by atoms with Crippen LogP contribution < -0.4 is 15.4 Å². The highest BCUT2D eigenvalue weighted by Gasteiger charge is 2.42. The fourth-order valence-electron chi connectivity index (χ4n) is 3.55. The minimum absolute atomic E-state index is 0.0727. The molecule has 13 heteroatoms. The Balaban J connectivity index is 1.76. The van der Waals surface area contributed by atoms with E-state index in [0.717, 1.165) is 10.5 Å². The van der Waals surface area contributed by atoms with Gasteiger partial charge in [0.2, 0.25) is 5.91 Å². The van der Waals surface area contributed by atoms with Crippen molar-refractivity contribution in [2.45, 2.75) is 26.1 Å². The van der Waals surface area contributed by atoms with Crippen LogP contribution in [0.2, 0.25) is 0 Å². The molecule has 0 atom stereocenters. The Morgan fingerprint density at radius 3 is 2.38 bits per heavy atom. The molecule has 0 saturated carbocycles. The predicted molar refractivity (Wildman–Crippen MR) is 124 cm³/mol. The number of nitrogens with one attached hydrogen (secondary N) is 1. The second kappa shape index (κ2) is 11.1. The van der Waals surface area contributed by atoms with Gasteiger partial charge in [0.05, 0.1) is 17.7 Å². The molecular weight excluding hydrogens is 497 g/mol. The number of carbonyl (C=O) groups is 4. The predicted octanol–water partition coefficient (Wildman–Crippen LogP) is 2.38. The Morgan fingerprint density at radius 1 is 1.11 bits per heavy atom. The summed E-state index contributed by atoms with van der Waals surface area (Å²) in [6.07, 6.45) is -6.06. The molecule has 2 aromatic carbocycles. The fraction of sp³-hybridized carbons (Fsp3) is 0.292. The second-order valence-corrected chi connectivity index (χ2v) is 7.95. The van der Waals surface area contributed by atoms with Gasteiger partial charge in [-0.3, -0.25) is 19.8 Å². The Labute approximate surface area is 209 Å². The number of benzene rings is 2. The largest absolute Gasteiger partial charge is 0.491 e. The van der Waals surface area contributed by atoms with Crippen LogP contribution in [0.5, 0.6) is 5.75 Å². The van der Waals surface area contributed by atoms with Gasteiger partial charge < -0.3 is 25.0 Å². The number of ether oxygens (including phenoxy) is 2. The molecule has 196 valence electrons. The SMILES string of the molecule is CCN1C(=O)CN(CCC(=O)OC(=O)C(F)(F)F)C(=O)c2cc(OCc3ccc(C(=N)N)cc3)ccc21. The summed E-state index contributed by atoms with van der Waals surface area (Å²) < 4.78 is 46.5. The summed E-state index contributed by atoms with van der Waals surface area (Å²) in [5.41, 5.74) is 7.17. The third kappa shape index (κ3) is 6.63. The first-order valence-electron chi connectivity index (χ1n) is 11.0. The van der Waals surface area contributed by atoms with Crippen LogP contribution in [0.4, 0.5) is 18.9 Å². The number of alkyl halides is 3. The van der Waals surface area contributed by atoms with E-state index in [9.17, 15) is 32.3 Å². The van der Waals surface area contributed by atoms with Gasteiger partial charge in [0.1, 0.15) is 24.7 Å². The van der Waals surface area contributed by atoms with Gasteiger partial charge >= 0.3 is 18.1 Å². The van der Waals surface area contributed by atoms with Gasteiger partial charge in [-0.2, -0.15) is 13.2 Å². The lowest BCUT2D eigenvalue weighted by Gasteiger charge is -2.21. The number of rotatable bonds is 8. The van der Waals surface area contributed by atoms with Crippen LogP contribution in [-0.2, 0) is 25.7 Å². The molecule has 2 aromatic rings. The summed E-state index contributed by atoms with van der Waals surface area (Å²) in [6, 6.07) is 11.3. The van der Waals surface area contributed by atoms with Crippen molar-refractivity contribution in [2.75, 3.05) is 24.5 Å². The molecule has 2 amide bonds. The maximum Gasteiger partial charge on any atom is 0.491 e. The van der Waals surface area contributed by atoms with E-state index < -0.39 is 49.4 Å². The van der Waals surface area contributed by atoms with Crippen LogP contribution in [0.3, 0.4) is 0 Å². The van der Waals surface area contributed by atoms with Gasteiger partial charge in [-0.1, -0.05) is 24.3 Å². The number of carbonyl (C=O) groups excluding carboxylic acids is 4. The summed E-state index contributed by atoms with van der Waals surface area (Å²) in [5.74, 6) is -5.01. The van der Waals surface area contributed by atoms with Gasteiger partial charge in [-0.15, -0.1) is 0 Å². The zero-order chi connectivity index (χ0) is 27.3. The van der Waals surface area contributed by atoms with Crippen molar-refractivity contribution in [1.82, 2.24) is 4.90 Å². The highest BCUT2D eigenvalue weighted by molar-refractivity contribution is 6.10. The molecule has 10 nitrogen and oxygen atoms in total. The summed E-state index contributed by atoms with van der Waals surface area (Å²) >= 11 is 0. The highest BCUT2D eigenvalue weighted by Crippen LogP contribution is 2.30. The number of amides is 2. The molecule has 1 heterocycles. The van der Waals surface area contributed by atoms with E-state index in [4.69, 9.17) is 15.9 Å². The molecular formula is C24H23F3N4O6. The number of halogens is 3. The number of nitrogens with zero attached hydrogens (tertiary/aromatic N) is 2. The number of nitrogens with two attached hydrogens (primary N) is 1. The summed E-state index contributed by atoms with van der Waals surface area (Å²) in [6.45, 7) is 1.19. The van der Waals surface area contributed by atoms with Crippen molar-refractivity contribution in [3.63, 3.8) is 0 Å². The normalized spacial score (nSPS) is 13.6. The monoisotopic (exact) mass is 520 g/mol. The van der Waals surface area contributed by atoms with Crippen molar-refractivity contribution in [3.05, 3.63) is 59.2 Å². The van der Waals surface area contributed by atoms with Gasteiger partial charge in [0, 0.05) is 18.7 Å². The summed E-state index contributed by atoms with van der Waals surface area (Å²) in [7, 11) is 0. The number of hydrogen-bond acceptors (Lipinski definition) is 7. The van der Waals surface area contributed by atoms with Crippen molar-refractivity contribution in [3.8, 4) is 5.75 Å². The molecule has 0 bridgehead atoms. The average Bonchev–Trinajstić information content (AvgIpc) is 2.94. The first-order chi connectivity index (χ1) is 17.4. The standard InChI is InChI=1S/C24H23F3N4O6/c1-2-31-18-8-7-16(36-13-14-3-5-15(6-4-14)21(28)29)11-17(18)22(34)30(12-19(31)32)10-9-20(33)37-23(35)24(25,26)27/h3-8,11H,2,9-10,12-13H2,1H3,(H3,28,29).